The molecule has 1 aromatic carbocycles. The van der Waals surface area contributed by atoms with Crippen molar-refractivity contribution in [1.82, 2.24) is 9.62 Å². The summed E-state index contributed by atoms with van der Waals surface area (Å²) >= 11 is 6.06. The van der Waals surface area contributed by atoms with Gasteiger partial charge in [0, 0.05) is 19.1 Å². The molecule has 0 aliphatic carbocycles. The Morgan fingerprint density at radius 2 is 1.85 bits per heavy atom. The molecule has 1 aromatic rings. The Labute approximate surface area is 165 Å². The highest BCUT2D eigenvalue weighted by Crippen LogP contribution is 2.28. The average Bonchev–Trinajstić information content (AvgIpc) is 3.20. The fraction of sp³-hybridized carbons (Fsp3) is 0.556. The molecule has 0 unspecified atom stereocenters. The summed E-state index contributed by atoms with van der Waals surface area (Å²) in [5.41, 5.74) is 0.0347. The third-order valence-electron chi connectivity index (χ3n) is 4.53. The van der Waals surface area contributed by atoms with Crippen molar-refractivity contribution in [1.29, 1.82) is 0 Å². The van der Waals surface area contributed by atoms with E-state index in [1.807, 2.05) is 13.8 Å². The molecule has 9 heteroatoms. The maximum absolute atomic E-state index is 12.7. The van der Waals surface area contributed by atoms with E-state index in [9.17, 15) is 18.0 Å². The van der Waals surface area contributed by atoms with Crippen LogP contribution in [-0.2, 0) is 19.6 Å². The van der Waals surface area contributed by atoms with Crippen molar-refractivity contribution < 1.29 is 22.7 Å². The monoisotopic (exact) mass is 416 g/mol. The number of hydrogen-bond acceptors (Lipinski definition) is 5. The summed E-state index contributed by atoms with van der Waals surface area (Å²) in [6.45, 7) is 4.35. The molecule has 1 fully saturated rings. The van der Waals surface area contributed by atoms with Crippen LogP contribution in [0.4, 0.5) is 0 Å². The highest BCUT2D eigenvalue weighted by molar-refractivity contribution is 7.89. The van der Waals surface area contributed by atoms with Crippen molar-refractivity contribution in [3.8, 4) is 0 Å². The first-order valence-corrected chi connectivity index (χ1v) is 10.9. The molecule has 1 aliphatic rings. The van der Waals surface area contributed by atoms with E-state index in [0.717, 1.165) is 25.7 Å². The van der Waals surface area contributed by atoms with Crippen molar-refractivity contribution in [3.63, 3.8) is 0 Å². The summed E-state index contributed by atoms with van der Waals surface area (Å²) in [6.07, 6.45) is 3.16. The predicted molar refractivity (Wildman–Crippen MR) is 102 cm³/mol. The molecule has 1 saturated heterocycles. The van der Waals surface area contributed by atoms with Gasteiger partial charge in [0.1, 0.15) is 4.90 Å². The molecule has 1 aliphatic heterocycles. The summed E-state index contributed by atoms with van der Waals surface area (Å²) < 4.78 is 31.8. The number of carbonyl (C=O) groups excluding carboxylic acids is 2. The third-order valence-corrected chi connectivity index (χ3v) is 6.92. The van der Waals surface area contributed by atoms with E-state index in [-0.39, 0.29) is 21.5 Å². The zero-order valence-corrected chi connectivity index (χ0v) is 17.1. The lowest BCUT2D eigenvalue weighted by molar-refractivity contribution is -0.125. The lowest BCUT2D eigenvalue weighted by Crippen LogP contribution is -2.36. The van der Waals surface area contributed by atoms with Crippen LogP contribution in [0.5, 0.6) is 0 Å². The van der Waals surface area contributed by atoms with E-state index in [2.05, 4.69) is 5.32 Å². The van der Waals surface area contributed by atoms with E-state index < -0.39 is 28.5 Å². The van der Waals surface area contributed by atoms with Gasteiger partial charge < -0.3 is 10.1 Å². The lowest BCUT2D eigenvalue weighted by Gasteiger charge is -2.17. The first-order valence-electron chi connectivity index (χ1n) is 9.05. The van der Waals surface area contributed by atoms with Crippen LogP contribution in [0.3, 0.4) is 0 Å². The number of esters is 1. The van der Waals surface area contributed by atoms with Crippen LogP contribution in [-0.4, -0.2) is 50.3 Å². The molecular formula is C18H25ClN2O5S. The summed E-state index contributed by atoms with van der Waals surface area (Å²) in [7, 11) is -3.77. The fourth-order valence-corrected chi connectivity index (χ4v) is 4.89. The van der Waals surface area contributed by atoms with Gasteiger partial charge in [-0.3, -0.25) is 4.79 Å². The van der Waals surface area contributed by atoms with Crippen LogP contribution >= 0.6 is 11.6 Å². The van der Waals surface area contributed by atoms with Gasteiger partial charge in [-0.25, -0.2) is 13.2 Å². The normalized spacial score (nSPS) is 15.1. The van der Waals surface area contributed by atoms with Crippen LogP contribution in [0, 0.1) is 0 Å². The summed E-state index contributed by atoms with van der Waals surface area (Å²) in [4.78, 5) is 24.0. The van der Waals surface area contributed by atoms with Gasteiger partial charge in [-0.2, -0.15) is 4.31 Å². The van der Waals surface area contributed by atoms with Crippen LogP contribution < -0.4 is 5.32 Å². The number of halogens is 1. The minimum Gasteiger partial charge on any atom is -0.452 e. The molecule has 0 spiro atoms. The molecule has 0 aromatic heterocycles. The smallest absolute Gasteiger partial charge is 0.338 e. The molecular weight excluding hydrogens is 392 g/mol. The molecule has 0 saturated carbocycles. The SMILES string of the molecule is CCC(CC)NC(=O)COC(=O)c1ccc(Cl)c(S(=O)(=O)N2CCCC2)c1. The molecule has 1 N–H and O–H groups in total. The van der Waals surface area contributed by atoms with Gasteiger partial charge >= 0.3 is 5.97 Å². The molecule has 2 rings (SSSR count). The highest BCUT2D eigenvalue weighted by Gasteiger charge is 2.30. The Morgan fingerprint density at radius 3 is 2.44 bits per heavy atom. The molecule has 7 nitrogen and oxygen atoms in total. The second-order valence-corrected chi connectivity index (χ2v) is 8.73. The Balaban J connectivity index is 2.08. The zero-order chi connectivity index (χ0) is 20.0. The number of benzene rings is 1. The second-order valence-electron chi connectivity index (χ2n) is 6.41. The van der Waals surface area contributed by atoms with Gasteiger partial charge in [-0.05, 0) is 43.9 Å². The number of rotatable bonds is 8. The van der Waals surface area contributed by atoms with E-state index >= 15 is 0 Å². The fourth-order valence-electron chi connectivity index (χ4n) is 2.87. The molecule has 27 heavy (non-hydrogen) atoms. The van der Waals surface area contributed by atoms with Gasteiger partial charge in [0.25, 0.3) is 5.91 Å². The largest absolute Gasteiger partial charge is 0.452 e. The summed E-state index contributed by atoms with van der Waals surface area (Å²) in [5.74, 6) is -1.17. The van der Waals surface area contributed by atoms with Gasteiger partial charge in [-0.1, -0.05) is 25.4 Å². The first kappa shape index (κ1) is 21.7. The van der Waals surface area contributed by atoms with Crippen molar-refractivity contribution in [2.24, 2.45) is 0 Å². The van der Waals surface area contributed by atoms with Gasteiger partial charge in [0.05, 0.1) is 10.6 Å². The number of nitrogens with one attached hydrogen (secondary N) is 1. The Bertz CT molecular complexity index is 787. The van der Waals surface area contributed by atoms with E-state index in [1.54, 1.807) is 0 Å². The van der Waals surface area contributed by atoms with Crippen LogP contribution in [0.15, 0.2) is 23.1 Å². The average molecular weight is 417 g/mol. The lowest BCUT2D eigenvalue weighted by atomic mass is 10.2. The van der Waals surface area contributed by atoms with E-state index in [4.69, 9.17) is 16.3 Å². The van der Waals surface area contributed by atoms with E-state index in [1.165, 1.54) is 22.5 Å². The van der Waals surface area contributed by atoms with Crippen molar-refractivity contribution in [3.05, 3.63) is 28.8 Å². The van der Waals surface area contributed by atoms with Crippen molar-refractivity contribution in [2.75, 3.05) is 19.7 Å². The van der Waals surface area contributed by atoms with E-state index in [0.29, 0.717) is 13.1 Å². The molecule has 150 valence electrons. The van der Waals surface area contributed by atoms with Crippen LogP contribution in [0.2, 0.25) is 5.02 Å². The summed E-state index contributed by atoms with van der Waals surface area (Å²) in [5, 5.41) is 2.81. The number of sulfonamides is 1. The topological polar surface area (TPSA) is 92.8 Å². The third kappa shape index (κ3) is 5.43. The number of carbonyl (C=O) groups is 2. The molecule has 1 amide bonds. The second kappa shape index (κ2) is 9.52. The maximum Gasteiger partial charge on any atom is 0.338 e. The molecule has 0 atom stereocenters. The quantitative estimate of drug-likeness (QED) is 0.657. The Hall–Kier alpha value is -1.64. The van der Waals surface area contributed by atoms with Crippen LogP contribution in [0.25, 0.3) is 0 Å². The number of ether oxygens (including phenoxy) is 1. The minimum absolute atomic E-state index is 0.0314. The van der Waals surface area contributed by atoms with Gasteiger partial charge in [0.2, 0.25) is 10.0 Å². The highest BCUT2D eigenvalue weighted by atomic mass is 35.5. The van der Waals surface area contributed by atoms with Gasteiger partial charge in [0.15, 0.2) is 6.61 Å². The standard InChI is InChI=1S/C18H25ClN2O5S/c1-3-14(4-2)20-17(22)12-26-18(23)13-7-8-15(19)16(11-13)27(24,25)21-9-5-6-10-21/h7-8,11,14H,3-6,9-10,12H2,1-2H3,(H,20,22). The molecule has 0 bridgehead atoms. The molecule has 1 heterocycles. The first-order chi connectivity index (χ1) is 12.8. The van der Waals surface area contributed by atoms with Crippen molar-refractivity contribution in [2.45, 2.75) is 50.5 Å². The van der Waals surface area contributed by atoms with Crippen LogP contribution in [0.1, 0.15) is 49.9 Å². The summed E-state index contributed by atoms with van der Waals surface area (Å²) in [6, 6.07) is 3.97. The zero-order valence-electron chi connectivity index (χ0n) is 15.5. The number of hydrogen-bond donors (Lipinski definition) is 1. The number of nitrogens with zero attached hydrogens (tertiary/aromatic N) is 1. The maximum atomic E-state index is 12.7. The Morgan fingerprint density at radius 1 is 1.22 bits per heavy atom. The molecule has 0 radical (unpaired) electrons. The predicted octanol–water partition coefficient (Wildman–Crippen LogP) is 2.59. The minimum atomic E-state index is -3.77. The van der Waals surface area contributed by atoms with Gasteiger partial charge in [-0.15, -0.1) is 0 Å². The van der Waals surface area contributed by atoms with Crippen molar-refractivity contribution >= 4 is 33.5 Å². The Kier molecular flexibility index (Phi) is 7.64. The number of amides is 1.